The molecule has 1 N–H and O–H groups in total. The van der Waals surface area contributed by atoms with Crippen LogP contribution in [-0.4, -0.2) is 63.0 Å². The van der Waals surface area contributed by atoms with Gasteiger partial charge in [0.25, 0.3) is 0 Å². The van der Waals surface area contributed by atoms with E-state index in [9.17, 15) is 13.2 Å². The Morgan fingerprint density at radius 2 is 1.76 bits per heavy atom. The van der Waals surface area contributed by atoms with Crippen molar-refractivity contribution in [3.63, 3.8) is 0 Å². The van der Waals surface area contributed by atoms with Gasteiger partial charge < -0.3 is 19.3 Å². The number of hydrogen-bond donors (Lipinski definition) is 1. The highest BCUT2D eigenvalue weighted by atomic mass is 32.2. The molecule has 0 aromatic heterocycles. The molecule has 8 nitrogen and oxygen atoms in total. The molecule has 0 atom stereocenters. The van der Waals surface area contributed by atoms with E-state index in [1.165, 1.54) is 28.6 Å². The van der Waals surface area contributed by atoms with Crippen LogP contribution >= 0.6 is 0 Å². The average molecular weight is 371 g/mol. The molecule has 0 unspecified atom stereocenters. The van der Waals surface area contributed by atoms with E-state index >= 15 is 0 Å². The Labute approximate surface area is 146 Å². The van der Waals surface area contributed by atoms with Gasteiger partial charge >= 0.3 is 5.97 Å². The zero-order chi connectivity index (χ0) is 17.9. The number of aliphatic carboxylic acids is 1. The van der Waals surface area contributed by atoms with E-state index in [1.54, 1.807) is 0 Å². The van der Waals surface area contributed by atoms with E-state index in [-0.39, 0.29) is 17.1 Å². The van der Waals surface area contributed by atoms with E-state index in [0.29, 0.717) is 44.9 Å². The number of benzene rings is 1. The molecule has 9 heteroatoms. The van der Waals surface area contributed by atoms with Crippen molar-refractivity contribution >= 4 is 16.0 Å². The van der Waals surface area contributed by atoms with Crippen molar-refractivity contribution in [1.29, 1.82) is 0 Å². The fourth-order valence-electron chi connectivity index (χ4n) is 3.04. The molecule has 2 saturated heterocycles. The quantitative estimate of drug-likeness (QED) is 0.793. The molecular weight excluding hydrogens is 350 g/mol. The van der Waals surface area contributed by atoms with Gasteiger partial charge in [-0.2, -0.15) is 4.31 Å². The van der Waals surface area contributed by atoms with Crippen molar-refractivity contribution in [1.82, 2.24) is 4.31 Å². The molecule has 1 aromatic carbocycles. The third-order valence-electron chi connectivity index (χ3n) is 4.35. The first-order chi connectivity index (χ1) is 12.0. The number of hydrogen-bond acceptors (Lipinski definition) is 6. The molecule has 2 fully saturated rings. The first kappa shape index (κ1) is 18.1. The molecular formula is C16H21NO7S. The van der Waals surface area contributed by atoms with Crippen LogP contribution in [0.1, 0.15) is 12.8 Å². The Kier molecular flexibility index (Phi) is 5.57. The van der Waals surface area contributed by atoms with Crippen LogP contribution < -0.4 is 4.74 Å². The minimum atomic E-state index is -3.58. The minimum absolute atomic E-state index is 0.169. The van der Waals surface area contributed by atoms with E-state index in [1.807, 2.05) is 0 Å². The molecule has 3 rings (SSSR count). The predicted molar refractivity (Wildman–Crippen MR) is 86.7 cm³/mol. The molecule has 0 saturated carbocycles. The molecule has 1 aromatic rings. The Morgan fingerprint density at radius 1 is 1.16 bits per heavy atom. The maximum absolute atomic E-state index is 12.7. The SMILES string of the molecule is O=C(O)COc1ccc(S(=O)(=O)N2CCC(C3OCCO3)CC2)cc1. The van der Waals surface area contributed by atoms with Gasteiger partial charge in [0.2, 0.25) is 10.0 Å². The van der Waals surface area contributed by atoms with Gasteiger partial charge in [-0.05, 0) is 37.1 Å². The highest BCUT2D eigenvalue weighted by molar-refractivity contribution is 7.89. The van der Waals surface area contributed by atoms with Crippen LogP contribution in [0.3, 0.4) is 0 Å². The van der Waals surface area contributed by atoms with Crippen molar-refractivity contribution in [3.05, 3.63) is 24.3 Å². The monoisotopic (exact) mass is 371 g/mol. The van der Waals surface area contributed by atoms with E-state index in [4.69, 9.17) is 19.3 Å². The Balaban J connectivity index is 1.60. The molecule has 0 aliphatic carbocycles. The van der Waals surface area contributed by atoms with Crippen LogP contribution in [0, 0.1) is 5.92 Å². The number of carboxylic acid groups (broad SMARTS) is 1. The lowest BCUT2D eigenvalue weighted by atomic mass is 9.98. The van der Waals surface area contributed by atoms with Crippen LogP contribution in [0.5, 0.6) is 5.75 Å². The van der Waals surface area contributed by atoms with Gasteiger partial charge in [0.1, 0.15) is 5.75 Å². The minimum Gasteiger partial charge on any atom is -0.482 e. The summed E-state index contributed by atoms with van der Waals surface area (Å²) >= 11 is 0. The molecule has 0 amide bonds. The van der Waals surface area contributed by atoms with Gasteiger partial charge in [-0.15, -0.1) is 0 Å². The second-order valence-corrected chi connectivity index (χ2v) is 7.94. The summed E-state index contributed by atoms with van der Waals surface area (Å²) in [7, 11) is -3.58. The standard InChI is InChI=1S/C16H21NO7S/c18-15(19)11-24-13-1-3-14(4-2-13)25(20,21)17-7-5-12(6-8-17)16-22-9-10-23-16/h1-4,12,16H,5-11H2,(H,18,19). The van der Waals surface area contributed by atoms with Gasteiger partial charge in [0, 0.05) is 19.0 Å². The summed E-state index contributed by atoms with van der Waals surface area (Å²) in [6, 6.07) is 5.79. The summed E-state index contributed by atoms with van der Waals surface area (Å²) in [5, 5.41) is 8.58. The molecule has 2 aliphatic heterocycles. The maximum Gasteiger partial charge on any atom is 0.341 e. The number of ether oxygens (including phenoxy) is 3. The number of piperidine rings is 1. The first-order valence-corrected chi connectivity index (χ1v) is 9.59. The highest BCUT2D eigenvalue weighted by Gasteiger charge is 2.34. The number of carboxylic acids is 1. The van der Waals surface area contributed by atoms with Crippen molar-refractivity contribution in [2.24, 2.45) is 5.92 Å². The topological polar surface area (TPSA) is 102 Å². The van der Waals surface area contributed by atoms with Crippen molar-refractivity contribution in [2.75, 3.05) is 32.9 Å². The second kappa shape index (κ2) is 7.69. The number of rotatable bonds is 6. The number of sulfonamides is 1. The molecule has 2 heterocycles. The summed E-state index contributed by atoms with van der Waals surface area (Å²) < 4.78 is 42.9. The summed E-state index contributed by atoms with van der Waals surface area (Å²) in [5.74, 6) is -0.550. The van der Waals surface area contributed by atoms with Crippen LogP contribution in [0.4, 0.5) is 0 Å². The fourth-order valence-corrected chi connectivity index (χ4v) is 4.51. The van der Waals surface area contributed by atoms with Gasteiger partial charge in [-0.3, -0.25) is 0 Å². The van der Waals surface area contributed by atoms with Gasteiger partial charge in [0.15, 0.2) is 12.9 Å². The number of nitrogens with zero attached hydrogens (tertiary/aromatic N) is 1. The highest BCUT2D eigenvalue weighted by Crippen LogP contribution is 2.29. The van der Waals surface area contributed by atoms with Crippen LogP contribution in [-0.2, 0) is 24.3 Å². The Bertz CT molecular complexity index is 690. The van der Waals surface area contributed by atoms with Gasteiger partial charge in [-0.1, -0.05) is 0 Å². The summed E-state index contributed by atoms with van der Waals surface area (Å²) in [4.78, 5) is 10.7. The second-order valence-electron chi connectivity index (χ2n) is 6.01. The molecule has 2 aliphatic rings. The van der Waals surface area contributed by atoms with Crippen molar-refractivity contribution in [3.8, 4) is 5.75 Å². The lowest BCUT2D eigenvalue weighted by molar-refractivity contribution is -0.139. The third-order valence-corrected chi connectivity index (χ3v) is 6.27. The summed E-state index contributed by atoms with van der Waals surface area (Å²) in [6.45, 7) is 1.57. The zero-order valence-corrected chi connectivity index (χ0v) is 14.5. The summed E-state index contributed by atoms with van der Waals surface area (Å²) in [5.41, 5.74) is 0. The van der Waals surface area contributed by atoms with Crippen LogP contribution in [0.2, 0.25) is 0 Å². The van der Waals surface area contributed by atoms with E-state index in [0.717, 1.165) is 0 Å². The number of carbonyl (C=O) groups is 1. The maximum atomic E-state index is 12.7. The Morgan fingerprint density at radius 3 is 2.32 bits per heavy atom. The molecule has 25 heavy (non-hydrogen) atoms. The normalized spacial score (nSPS) is 20.6. The lowest BCUT2D eigenvalue weighted by Crippen LogP contribution is -2.41. The first-order valence-electron chi connectivity index (χ1n) is 8.15. The average Bonchev–Trinajstić information content (AvgIpc) is 3.15. The van der Waals surface area contributed by atoms with Crippen molar-refractivity contribution in [2.45, 2.75) is 24.0 Å². The molecule has 0 spiro atoms. The molecule has 138 valence electrons. The van der Waals surface area contributed by atoms with E-state index in [2.05, 4.69) is 0 Å². The van der Waals surface area contributed by atoms with Crippen LogP contribution in [0.15, 0.2) is 29.2 Å². The third kappa shape index (κ3) is 4.30. The van der Waals surface area contributed by atoms with Crippen molar-refractivity contribution < 1.29 is 32.5 Å². The van der Waals surface area contributed by atoms with Crippen LogP contribution in [0.25, 0.3) is 0 Å². The van der Waals surface area contributed by atoms with E-state index < -0.39 is 22.6 Å². The predicted octanol–water partition coefficient (Wildman–Crippen LogP) is 0.924. The summed E-state index contributed by atoms with van der Waals surface area (Å²) in [6.07, 6.45) is 1.18. The zero-order valence-electron chi connectivity index (χ0n) is 13.7. The fraction of sp³-hybridized carbons (Fsp3) is 0.562. The van der Waals surface area contributed by atoms with Gasteiger partial charge in [0.05, 0.1) is 18.1 Å². The van der Waals surface area contributed by atoms with Gasteiger partial charge in [-0.25, -0.2) is 13.2 Å². The Hall–Kier alpha value is -1.68. The largest absolute Gasteiger partial charge is 0.482 e. The lowest BCUT2D eigenvalue weighted by Gasteiger charge is -2.33. The molecule has 0 bridgehead atoms. The molecule has 0 radical (unpaired) electrons. The smallest absolute Gasteiger partial charge is 0.341 e.